The van der Waals surface area contributed by atoms with Gasteiger partial charge in [0.15, 0.2) is 9.84 Å². The zero-order chi connectivity index (χ0) is 15.2. The summed E-state index contributed by atoms with van der Waals surface area (Å²) < 4.78 is 23.1. The zero-order valence-electron chi connectivity index (χ0n) is 13.0. The molecule has 0 bridgehead atoms. The molecule has 0 saturated carbocycles. The summed E-state index contributed by atoms with van der Waals surface area (Å²) in [7, 11) is -2.89. The van der Waals surface area contributed by atoms with Gasteiger partial charge in [0.05, 0.1) is 18.1 Å². The lowest BCUT2D eigenvalue weighted by molar-refractivity contribution is -0.133. The first-order chi connectivity index (χ1) is 9.43. The van der Waals surface area contributed by atoms with E-state index in [9.17, 15) is 13.2 Å². The number of hydrogen-bond acceptors (Lipinski definition) is 4. The van der Waals surface area contributed by atoms with Gasteiger partial charge in [-0.2, -0.15) is 0 Å². The van der Waals surface area contributed by atoms with Gasteiger partial charge in [0, 0.05) is 19.1 Å². The number of rotatable bonds is 8. The highest BCUT2D eigenvalue weighted by Gasteiger charge is 2.32. The average Bonchev–Trinajstić information content (AvgIpc) is 2.75. The molecule has 0 aromatic heterocycles. The summed E-state index contributed by atoms with van der Waals surface area (Å²) in [6, 6.07) is 0.0130. The maximum absolute atomic E-state index is 12.3. The van der Waals surface area contributed by atoms with Crippen LogP contribution in [0.15, 0.2) is 0 Å². The molecule has 1 fully saturated rings. The molecule has 0 aromatic carbocycles. The molecule has 118 valence electrons. The van der Waals surface area contributed by atoms with Crippen molar-refractivity contribution in [3.63, 3.8) is 0 Å². The van der Waals surface area contributed by atoms with Crippen LogP contribution in [0, 0.1) is 0 Å². The zero-order valence-corrected chi connectivity index (χ0v) is 13.8. The van der Waals surface area contributed by atoms with E-state index in [-0.39, 0.29) is 23.5 Å². The lowest BCUT2D eigenvalue weighted by Crippen LogP contribution is -2.45. The van der Waals surface area contributed by atoms with E-state index in [0.29, 0.717) is 13.0 Å². The summed E-state index contributed by atoms with van der Waals surface area (Å²) in [5, 5.41) is 0. The van der Waals surface area contributed by atoms with Crippen LogP contribution >= 0.6 is 0 Å². The van der Waals surface area contributed by atoms with E-state index in [1.165, 1.54) is 0 Å². The van der Waals surface area contributed by atoms with Crippen molar-refractivity contribution in [3.05, 3.63) is 0 Å². The largest absolute Gasteiger partial charge is 0.342 e. The number of nitrogens with zero attached hydrogens (tertiary/aromatic N) is 2. The second kappa shape index (κ2) is 7.98. The number of carbonyl (C=O) groups is 1. The molecule has 5 nitrogen and oxygen atoms in total. The third kappa shape index (κ3) is 5.05. The number of hydrogen-bond donors (Lipinski definition) is 0. The highest BCUT2D eigenvalue weighted by Crippen LogP contribution is 2.17. The Morgan fingerprint density at radius 2 is 1.75 bits per heavy atom. The molecular weight excluding hydrogens is 276 g/mol. The number of sulfone groups is 1. The molecule has 0 aliphatic carbocycles. The molecule has 1 amide bonds. The minimum atomic E-state index is -2.89. The summed E-state index contributed by atoms with van der Waals surface area (Å²) in [5.41, 5.74) is 0. The van der Waals surface area contributed by atoms with Crippen molar-refractivity contribution in [1.29, 1.82) is 0 Å². The predicted octanol–water partition coefficient (Wildman–Crippen LogP) is 1.14. The molecule has 0 N–H and O–H groups in total. The molecule has 1 aliphatic rings. The molecule has 1 heterocycles. The normalized spacial score (nSPS) is 21.3. The van der Waals surface area contributed by atoms with Crippen LogP contribution in [0.2, 0.25) is 0 Å². The van der Waals surface area contributed by atoms with Gasteiger partial charge in [0.25, 0.3) is 0 Å². The number of likely N-dealkylation sites (N-methyl/N-ethyl adjacent to an activating group) is 1. The molecule has 1 rings (SSSR count). The molecule has 1 atom stereocenters. The standard InChI is InChI=1S/C14H28N2O3S/c1-4-8-16(9-5-2)14(17)11-15(6-3)13-7-10-20(18,19)12-13/h13H,4-12H2,1-3H3. The van der Waals surface area contributed by atoms with Crippen molar-refractivity contribution in [2.24, 2.45) is 0 Å². The van der Waals surface area contributed by atoms with Gasteiger partial charge in [-0.05, 0) is 25.8 Å². The lowest BCUT2D eigenvalue weighted by Gasteiger charge is -2.29. The molecule has 20 heavy (non-hydrogen) atoms. The topological polar surface area (TPSA) is 57.7 Å². The summed E-state index contributed by atoms with van der Waals surface area (Å²) in [5.74, 6) is 0.589. The van der Waals surface area contributed by atoms with E-state index in [2.05, 4.69) is 13.8 Å². The van der Waals surface area contributed by atoms with Crippen molar-refractivity contribution < 1.29 is 13.2 Å². The van der Waals surface area contributed by atoms with Crippen molar-refractivity contribution in [1.82, 2.24) is 9.80 Å². The number of amides is 1. The van der Waals surface area contributed by atoms with Gasteiger partial charge in [-0.1, -0.05) is 20.8 Å². The van der Waals surface area contributed by atoms with Crippen LogP contribution in [0.1, 0.15) is 40.0 Å². The van der Waals surface area contributed by atoms with Crippen LogP contribution in [-0.2, 0) is 14.6 Å². The first-order valence-electron chi connectivity index (χ1n) is 7.65. The Morgan fingerprint density at radius 1 is 1.15 bits per heavy atom. The van der Waals surface area contributed by atoms with Gasteiger partial charge in [-0.3, -0.25) is 9.69 Å². The van der Waals surface area contributed by atoms with Gasteiger partial charge in [0.2, 0.25) is 5.91 Å². The van der Waals surface area contributed by atoms with Crippen LogP contribution in [0.4, 0.5) is 0 Å². The van der Waals surface area contributed by atoms with Gasteiger partial charge >= 0.3 is 0 Å². The summed E-state index contributed by atoms with van der Waals surface area (Å²) in [6.45, 7) is 8.76. The Hall–Kier alpha value is -0.620. The highest BCUT2D eigenvalue weighted by molar-refractivity contribution is 7.91. The molecule has 0 radical (unpaired) electrons. The maximum atomic E-state index is 12.3. The molecule has 0 spiro atoms. The fourth-order valence-corrected chi connectivity index (χ4v) is 4.50. The molecular formula is C14H28N2O3S. The van der Waals surface area contributed by atoms with Crippen LogP contribution < -0.4 is 0 Å². The smallest absolute Gasteiger partial charge is 0.236 e. The minimum absolute atomic E-state index is 0.0130. The Kier molecular flexibility index (Phi) is 6.95. The molecule has 1 aliphatic heterocycles. The van der Waals surface area contributed by atoms with E-state index in [4.69, 9.17) is 0 Å². The summed E-state index contributed by atoms with van der Waals surface area (Å²) in [6.07, 6.45) is 2.57. The highest BCUT2D eigenvalue weighted by atomic mass is 32.2. The molecule has 1 saturated heterocycles. The first kappa shape index (κ1) is 17.4. The van der Waals surface area contributed by atoms with Crippen LogP contribution in [0.25, 0.3) is 0 Å². The number of carbonyl (C=O) groups excluding carboxylic acids is 1. The third-order valence-electron chi connectivity index (χ3n) is 3.81. The van der Waals surface area contributed by atoms with E-state index >= 15 is 0 Å². The van der Waals surface area contributed by atoms with Gasteiger partial charge in [0.1, 0.15) is 0 Å². The summed E-state index contributed by atoms with van der Waals surface area (Å²) in [4.78, 5) is 16.3. The quantitative estimate of drug-likeness (QED) is 0.675. The average molecular weight is 304 g/mol. The monoisotopic (exact) mass is 304 g/mol. The second-order valence-corrected chi connectivity index (χ2v) is 7.73. The van der Waals surface area contributed by atoms with E-state index in [0.717, 1.165) is 32.5 Å². The Labute approximate surface area is 123 Å². The van der Waals surface area contributed by atoms with E-state index in [1.807, 2.05) is 16.7 Å². The Bertz CT molecular complexity index is 403. The Morgan fingerprint density at radius 3 is 2.15 bits per heavy atom. The Balaban J connectivity index is 2.60. The van der Waals surface area contributed by atoms with Gasteiger partial charge < -0.3 is 4.90 Å². The van der Waals surface area contributed by atoms with Crippen molar-refractivity contribution in [3.8, 4) is 0 Å². The maximum Gasteiger partial charge on any atom is 0.236 e. The second-order valence-electron chi connectivity index (χ2n) is 5.50. The third-order valence-corrected chi connectivity index (χ3v) is 5.56. The van der Waals surface area contributed by atoms with Gasteiger partial charge in [-0.25, -0.2) is 8.42 Å². The van der Waals surface area contributed by atoms with Gasteiger partial charge in [-0.15, -0.1) is 0 Å². The summed E-state index contributed by atoms with van der Waals surface area (Å²) >= 11 is 0. The molecule has 1 unspecified atom stereocenters. The van der Waals surface area contributed by atoms with Crippen molar-refractivity contribution >= 4 is 15.7 Å². The van der Waals surface area contributed by atoms with E-state index < -0.39 is 9.84 Å². The predicted molar refractivity (Wildman–Crippen MR) is 81.5 cm³/mol. The lowest BCUT2D eigenvalue weighted by atomic mass is 10.2. The van der Waals surface area contributed by atoms with E-state index in [1.54, 1.807) is 0 Å². The SMILES string of the molecule is CCCN(CCC)C(=O)CN(CC)C1CCS(=O)(=O)C1. The van der Waals surface area contributed by atoms with Crippen molar-refractivity contribution in [2.45, 2.75) is 46.1 Å². The van der Waals surface area contributed by atoms with Crippen LogP contribution in [0.3, 0.4) is 0 Å². The molecule has 0 aromatic rings. The fraction of sp³-hybridized carbons (Fsp3) is 0.929. The van der Waals surface area contributed by atoms with Crippen molar-refractivity contribution in [2.75, 3.05) is 37.7 Å². The van der Waals surface area contributed by atoms with Crippen LogP contribution in [-0.4, -0.2) is 67.9 Å². The fourth-order valence-electron chi connectivity index (χ4n) is 2.74. The minimum Gasteiger partial charge on any atom is -0.342 e. The van der Waals surface area contributed by atoms with Crippen LogP contribution in [0.5, 0.6) is 0 Å². The molecule has 6 heteroatoms. The first-order valence-corrected chi connectivity index (χ1v) is 9.47.